The highest BCUT2D eigenvalue weighted by Gasteiger charge is 2.34. The maximum atomic E-state index is 12.8. The molecule has 2 amide bonds. The third-order valence-electron chi connectivity index (χ3n) is 4.07. The number of amides is 2. The highest BCUT2D eigenvalue weighted by molar-refractivity contribution is 6.35. The van der Waals surface area contributed by atoms with E-state index in [1.165, 1.54) is 24.3 Å². The van der Waals surface area contributed by atoms with Crippen LogP contribution >= 0.6 is 0 Å². The van der Waals surface area contributed by atoms with Crippen molar-refractivity contribution in [2.45, 2.75) is 0 Å². The predicted molar refractivity (Wildman–Crippen MR) is 88.2 cm³/mol. The molecular formula is C18H10N2O4. The van der Waals surface area contributed by atoms with Crippen LogP contribution in [-0.4, -0.2) is 16.7 Å². The van der Waals surface area contributed by atoms with Gasteiger partial charge in [0.1, 0.15) is 0 Å². The number of hydrogen-bond donors (Lipinski definition) is 0. The number of carbonyl (C=O) groups is 2. The van der Waals surface area contributed by atoms with Crippen LogP contribution in [0.3, 0.4) is 0 Å². The summed E-state index contributed by atoms with van der Waals surface area (Å²) in [5, 5.41) is 12.4. The van der Waals surface area contributed by atoms with Crippen LogP contribution in [0.15, 0.2) is 60.7 Å². The van der Waals surface area contributed by atoms with Crippen molar-refractivity contribution in [3.63, 3.8) is 0 Å². The summed E-state index contributed by atoms with van der Waals surface area (Å²) in [6.07, 6.45) is 0. The Balaban J connectivity index is 1.94. The minimum Gasteiger partial charge on any atom is -0.268 e. The molecule has 6 heteroatoms. The van der Waals surface area contributed by atoms with Crippen molar-refractivity contribution in [3.8, 4) is 0 Å². The molecule has 24 heavy (non-hydrogen) atoms. The maximum absolute atomic E-state index is 12.8. The fourth-order valence-electron chi connectivity index (χ4n) is 3.01. The first-order valence-corrected chi connectivity index (χ1v) is 7.23. The number of imide groups is 1. The number of nitro groups is 1. The molecule has 0 fully saturated rings. The first-order valence-electron chi connectivity index (χ1n) is 7.23. The second-order valence-electron chi connectivity index (χ2n) is 5.43. The molecular weight excluding hydrogens is 308 g/mol. The first kappa shape index (κ1) is 14.1. The Hall–Kier alpha value is -3.54. The van der Waals surface area contributed by atoms with Crippen LogP contribution in [0.25, 0.3) is 10.8 Å². The summed E-state index contributed by atoms with van der Waals surface area (Å²) in [5.41, 5.74) is 0.833. The van der Waals surface area contributed by atoms with Crippen molar-refractivity contribution in [1.29, 1.82) is 0 Å². The van der Waals surface area contributed by atoms with Crippen LogP contribution in [0.2, 0.25) is 0 Å². The molecule has 0 bridgehead atoms. The maximum Gasteiger partial charge on any atom is 0.271 e. The molecule has 0 unspecified atom stereocenters. The average Bonchev–Trinajstić information content (AvgIpc) is 2.60. The van der Waals surface area contributed by atoms with Gasteiger partial charge in [0, 0.05) is 28.6 Å². The van der Waals surface area contributed by atoms with Gasteiger partial charge in [0.05, 0.1) is 10.6 Å². The predicted octanol–water partition coefficient (Wildman–Crippen LogP) is 3.55. The zero-order valence-corrected chi connectivity index (χ0v) is 12.3. The Kier molecular flexibility index (Phi) is 2.93. The van der Waals surface area contributed by atoms with E-state index in [0.29, 0.717) is 16.5 Å². The number of nitrogens with zero attached hydrogens (tertiary/aromatic N) is 2. The lowest BCUT2D eigenvalue weighted by molar-refractivity contribution is -0.384. The van der Waals surface area contributed by atoms with Crippen LogP contribution < -0.4 is 4.90 Å². The van der Waals surface area contributed by atoms with Gasteiger partial charge in [-0.15, -0.1) is 0 Å². The lowest BCUT2D eigenvalue weighted by atomic mass is 9.94. The second kappa shape index (κ2) is 4.99. The van der Waals surface area contributed by atoms with Crippen LogP contribution in [0.1, 0.15) is 20.7 Å². The van der Waals surface area contributed by atoms with Crippen LogP contribution in [-0.2, 0) is 0 Å². The highest BCUT2D eigenvalue weighted by atomic mass is 16.6. The van der Waals surface area contributed by atoms with Crippen molar-refractivity contribution >= 4 is 34.0 Å². The Morgan fingerprint density at radius 1 is 0.833 bits per heavy atom. The van der Waals surface area contributed by atoms with Gasteiger partial charge in [-0.2, -0.15) is 0 Å². The van der Waals surface area contributed by atoms with Gasteiger partial charge in [0.2, 0.25) is 0 Å². The van der Waals surface area contributed by atoms with Gasteiger partial charge >= 0.3 is 0 Å². The lowest BCUT2D eigenvalue weighted by Crippen LogP contribution is -2.40. The van der Waals surface area contributed by atoms with Gasteiger partial charge in [0.25, 0.3) is 17.5 Å². The first-order chi connectivity index (χ1) is 11.6. The average molecular weight is 318 g/mol. The fraction of sp³-hybridized carbons (Fsp3) is 0. The number of carbonyl (C=O) groups excluding carboxylic acids is 2. The van der Waals surface area contributed by atoms with Crippen molar-refractivity contribution in [1.82, 2.24) is 0 Å². The quantitative estimate of drug-likeness (QED) is 0.411. The van der Waals surface area contributed by atoms with E-state index in [9.17, 15) is 19.7 Å². The smallest absolute Gasteiger partial charge is 0.268 e. The molecule has 0 aromatic heterocycles. The second-order valence-corrected chi connectivity index (χ2v) is 5.43. The van der Waals surface area contributed by atoms with Gasteiger partial charge in [-0.05, 0) is 23.6 Å². The molecule has 0 aliphatic carbocycles. The summed E-state index contributed by atoms with van der Waals surface area (Å²) < 4.78 is 0. The third-order valence-corrected chi connectivity index (χ3v) is 4.07. The molecule has 4 rings (SSSR count). The van der Waals surface area contributed by atoms with E-state index >= 15 is 0 Å². The summed E-state index contributed by atoms with van der Waals surface area (Å²) in [4.78, 5) is 37.1. The SMILES string of the molecule is O=C1c2cccc3cccc(c23)C(=O)N1c1cccc([N+](=O)[O-])c1. The number of nitro benzene ring substituents is 1. The van der Waals surface area contributed by atoms with Crippen LogP contribution in [0.4, 0.5) is 11.4 Å². The van der Waals surface area contributed by atoms with Crippen LogP contribution in [0, 0.1) is 10.1 Å². The van der Waals surface area contributed by atoms with Gasteiger partial charge in [-0.1, -0.05) is 30.3 Å². The van der Waals surface area contributed by atoms with Crippen molar-refractivity contribution in [3.05, 3.63) is 81.9 Å². The highest BCUT2D eigenvalue weighted by Crippen LogP contribution is 2.33. The Labute approximate surface area is 136 Å². The Morgan fingerprint density at radius 3 is 2.00 bits per heavy atom. The topological polar surface area (TPSA) is 80.5 Å². The largest absolute Gasteiger partial charge is 0.271 e. The number of rotatable bonds is 2. The Morgan fingerprint density at radius 2 is 1.42 bits per heavy atom. The monoisotopic (exact) mass is 318 g/mol. The van der Waals surface area contributed by atoms with Crippen molar-refractivity contribution in [2.24, 2.45) is 0 Å². The fourth-order valence-corrected chi connectivity index (χ4v) is 3.01. The van der Waals surface area contributed by atoms with E-state index in [1.807, 2.05) is 12.1 Å². The van der Waals surface area contributed by atoms with Gasteiger partial charge in [-0.3, -0.25) is 19.7 Å². The standard InChI is InChI=1S/C18H10N2O4/c21-17-14-8-1-4-11-5-2-9-15(16(11)14)18(22)19(17)12-6-3-7-13(10-12)20(23)24/h1-10H. The van der Waals surface area contributed by atoms with E-state index < -0.39 is 16.7 Å². The van der Waals surface area contributed by atoms with Crippen molar-refractivity contribution in [2.75, 3.05) is 4.90 Å². The van der Waals surface area contributed by atoms with Crippen molar-refractivity contribution < 1.29 is 14.5 Å². The minimum atomic E-state index is -0.558. The molecule has 0 spiro atoms. The van der Waals surface area contributed by atoms with E-state index in [1.54, 1.807) is 24.3 Å². The molecule has 0 saturated carbocycles. The zero-order chi connectivity index (χ0) is 16.8. The summed E-state index contributed by atoms with van der Waals surface area (Å²) in [6.45, 7) is 0. The van der Waals surface area contributed by atoms with E-state index in [-0.39, 0.29) is 11.4 Å². The number of hydrogen-bond acceptors (Lipinski definition) is 4. The summed E-state index contributed by atoms with van der Waals surface area (Å²) in [7, 11) is 0. The summed E-state index contributed by atoms with van der Waals surface area (Å²) in [6, 6.07) is 16.0. The normalized spacial score (nSPS) is 13.4. The van der Waals surface area contributed by atoms with Gasteiger partial charge in [0.15, 0.2) is 0 Å². The molecule has 0 radical (unpaired) electrons. The molecule has 0 saturated heterocycles. The molecule has 1 aliphatic rings. The molecule has 6 nitrogen and oxygen atoms in total. The number of anilines is 1. The molecule has 116 valence electrons. The molecule has 0 N–H and O–H groups in total. The minimum absolute atomic E-state index is 0.176. The van der Waals surface area contributed by atoms with Gasteiger partial charge < -0.3 is 0 Å². The van der Waals surface area contributed by atoms with Crippen LogP contribution in [0.5, 0.6) is 0 Å². The molecule has 3 aromatic rings. The zero-order valence-electron chi connectivity index (χ0n) is 12.3. The number of benzene rings is 3. The summed E-state index contributed by atoms with van der Waals surface area (Å²) >= 11 is 0. The molecule has 0 atom stereocenters. The molecule has 3 aromatic carbocycles. The van der Waals surface area contributed by atoms with E-state index in [0.717, 1.165) is 10.3 Å². The third kappa shape index (κ3) is 1.90. The number of non-ortho nitro benzene ring substituents is 1. The lowest BCUT2D eigenvalue weighted by Gasteiger charge is -2.27. The molecule has 1 heterocycles. The summed E-state index contributed by atoms with van der Waals surface area (Å²) in [5.74, 6) is -0.963. The van der Waals surface area contributed by atoms with Gasteiger partial charge in [-0.25, -0.2) is 4.90 Å². The van der Waals surface area contributed by atoms with E-state index in [4.69, 9.17) is 0 Å². The Bertz CT molecular complexity index is 991. The molecule has 1 aliphatic heterocycles. The van der Waals surface area contributed by atoms with E-state index in [2.05, 4.69) is 0 Å².